The summed E-state index contributed by atoms with van der Waals surface area (Å²) in [7, 11) is 0. The molecule has 2 N–H and O–H groups in total. The molecule has 37 heavy (non-hydrogen) atoms. The number of halogens is 3. The number of aromatic nitrogens is 3. The zero-order valence-corrected chi connectivity index (χ0v) is 20.5. The van der Waals surface area contributed by atoms with Crippen LogP contribution in [0.15, 0.2) is 47.1 Å². The third-order valence-corrected chi connectivity index (χ3v) is 6.65. The lowest BCUT2D eigenvalue weighted by molar-refractivity contribution is -0.137. The molecule has 11 heteroatoms. The first kappa shape index (κ1) is 25.0. The van der Waals surface area contributed by atoms with Crippen molar-refractivity contribution in [1.29, 1.82) is 0 Å². The molecule has 0 spiro atoms. The van der Waals surface area contributed by atoms with Gasteiger partial charge in [0.15, 0.2) is 0 Å². The molecule has 1 amide bonds. The maximum atomic E-state index is 13.8. The third kappa shape index (κ3) is 5.52. The van der Waals surface area contributed by atoms with E-state index in [1.807, 2.05) is 0 Å². The number of amides is 1. The number of nitrogens with zero attached hydrogens (tertiary/aromatic N) is 4. The molecule has 1 aliphatic heterocycles. The molecule has 194 valence electrons. The van der Waals surface area contributed by atoms with Crippen LogP contribution >= 0.6 is 0 Å². The number of piperazine rings is 1. The fourth-order valence-electron chi connectivity index (χ4n) is 4.54. The average molecular weight is 513 g/mol. The van der Waals surface area contributed by atoms with Crippen LogP contribution in [0.1, 0.15) is 34.2 Å². The number of aryl methyl sites for hydroxylation is 1. The summed E-state index contributed by atoms with van der Waals surface area (Å²) in [6, 6.07) is 9.17. The molecule has 1 fully saturated rings. The van der Waals surface area contributed by atoms with E-state index >= 15 is 0 Å². The average Bonchev–Trinajstić information content (AvgIpc) is 3.49. The Labute approximate surface area is 211 Å². The Bertz CT molecular complexity index is 1420. The Morgan fingerprint density at radius 1 is 1.11 bits per heavy atom. The standard InChI is InChI=1S/C26H27F3N6O2/c1-3-34-6-8-35(9-7-34)15-17-10-18(12-19(11-17)26(27,28)29)24-32-22-5-4-20(13-23(22)33-24)31-25(36)21-14-30-37-16(21)2/h4-5,10-14H,3,6-9,15H2,1-2H3,(H,31,36)(H,32,33). The zero-order valence-electron chi connectivity index (χ0n) is 20.5. The van der Waals surface area contributed by atoms with Gasteiger partial charge in [0.1, 0.15) is 17.1 Å². The summed E-state index contributed by atoms with van der Waals surface area (Å²) in [5.41, 5.74) is 2.23. The summed E-state index contributed by atoms with van der Waals surface area (Å²) in [6.45, 7) is 8.59. The first-order valence-corrected chi connectivity index (χ1v) is 12.1. The van der Waals surface area contributed by atoms with Crippen LogP contribution in [0.2, 0.25) is 0 Å². The molecule has 0 radical (unpaired) electrons. The highest BCUT2D eigenvalue weighted by Gasteiger charge is 2.32. The molecule has 1 saturated heterocycles. The number of likely N-dealkylation sites (N-methyl/N-ethyl adjacent to an activating group) is 1. The van der Waals surface area contributed by atoms with Gasteiger partial charge in [-0.05, 0) is 55.4 Å². The fraction of sp³-hybridized carbons (Fsp3) is 0.346. The maximum Gasteiger partial charge on any atom is 0.416 e. The highest BCUT2D eigenvalue weighted by Crippen LogP contribution is 2.34. The molecule has 8 nitrogen and oxygen atoms in total. The molecule has 0 atom stereocenters. The summed E-state index contributed by atoms with van der Waals surface area (Å²) in [5.74, 6) is 0.353. The number of rotatable bonds is 6. The molecule has 0 aliphatic carbocycles. The largest absolute Gasteiger partial charge is 0.416 e. The van der Waals surface area contributed by atoms with Gasteiger partial charge >= 0.3 is 6.18 Å². The smallest absolute Gasteiger partial charge is 0.361 e. The number of hydrogen-bond donors (Lipinski definition) is 2. The summed E-state index contributed by atoms with van der Waals surface area (Å²) in [5, 5.41) is 6.38. The van der Waals surface area contributed by atoms with Crippen molar-refractivity contribution in [3.8, 4) is 11.4 Å². The SMILES string of the molecule is CCN1CCN(Cc2cc(-c3nc4ccc(NC(=O)c5cnoc5C)cc4[nH]3)cc(C(F)(F)F)c2)CC1. The van der Waals surface area contributed by atoms with Crippen LogP contribution in [0.3, 0.4) is 0 Å². The first-order chi connectivity index (χ1) is 17.7. The molecule has 5 rings (SSSR count). The first-order valence-electron chi connectivity index (χ1n) is 12.1. The van der Waals surface area contributed by atoms with Gasteiger partial charge < -0.3 is 19.7 Å². The van der Waals surface area contributed by atoms with Crippen molar-refractivity contribution in [3.05, 3.63) is 65.0 Å². The number of H-pyrrole nitrogens is 1. The highest BCUT2D eigenvalue weighted by atomic mass is 19.4. The molecular formula is C26H27F3N6O2. The summed E-state index contributed by atoms with van der Waals surface area (Å²) < 4.78 is 46.2. The van der Waals surface area contributed by atoms with E-state index in [2.05, 4.69) is 37.2 Å². The van der Waals surface area contributed by atoms with Gasteiger partial charge in [0, 0.05) is 44.0 Å². The number of anilines is 1. The van der Waals surface area contributed by atoms with Crippen LogP contribution in [-0.2, 0) is 12.7 Å². The van der Waals surface area contributed by atoms with Gasteiger partial charge in [-0.2, -0.15) is 13.2 Å². The molecule has 0 unspecified atom stereocenters. The van der Waals surface area contributed by atoms with Crippen LogP contribution < -0.4 is 5.32 Å². The number of imidazole rings is 1. The van der Waals surface area contributed by atoms with Crippen molar-refractivity contribution in [1.82, 2.24) is 24.9 Å². The lowest BCUT2D eigenvalue weighted by Crippen LogP contribution is -2.45. The Morgan fingerprint density at radius 2 is 1.86 bits per heavy atom. The van der Waals surface area contributed by atoms with E-state index in [4.69, 9.17) is 4.52 Å². The molecule has 4 aromatic rings. The Balaban J connectivity index is 1.41. The van der Waals surface area contributed by atoms with Crippen LogP contribution in [0, 0.1) is 6.92 Å². The Kier molecular flexibility index (Phi) is 6.74. The number of hydrogen-bond acceptors (Lipinski definition) is 6. The minimum atomic E-state index is -4.48. The number of carbonyl (C=O) groups is 1. The van der Waals surface area contributed by atoms with Crippen molar-refractivity contribution in [2.75, 3.05) is 38.0 Å². The van der Waals surface area contributed by atoms with Gasteiger partial charge in [-0.15, -0.1) is 0 Å². The van der Waals surface area contributed by atoms with E-state index in [-0.39, 0.29) is 5.91 Å². The van der Waals surface area contributed by atoms with Gasteiger partial charge in [-0.3, -0.25) is 9.69 Å². The normalized spacial score (nSPS) is 15.4. The summed E-state index contributed by atoms with van der Waals surface area (Å²) in [6.07, 6.45) is -3.14. The molecule has 3 heterocycles. The van der Waals surface area contributed by atoms with Crippen LogP contribution in [-0.4, -0.2) is 63.6 Å². The Hall–Kier alpha value is -3.70. The number of nitrogens with one attached hydrogen (secondary N) is 2. The monoisotopic (exact) mass is 512 g/mol. The van der Waals surface area contributed by atoms with Gasteiger partial charge in [-0.1, -0.05) is 12.1 Å². The van der Waals surface area contributed by atoms with Crippen LogP contribution in [0.4, 0.5) is 18.9 Å². The van der Waals surface area contributed by atoms with E-state index in [1.54, 1.807) is 31.2 Å². The minimum Gasteiger partial charge on any atom is -0.361 e. The van der Waals surface area contributed by atoms with Gasteiger partial charge in [0.05, 0.1) is 22.8 Å². The van der Waals surface area contributed by atoms with E-state index in [0.29, 0.717) is 51.5 Å². The number of carbonyl (C=O) groups excluding carboxylic acids is 1. The third-order valence-electron chi connectivity index (χ3n) is 6.65. The van der Waals surface area contributed by atoms with Crippen molar-refractivity contribution in [3.63, 3.8) is 0 Å². The van der Waals surface area contributed by atoms with Gasteiger partial charge in [-0.25, -0.2) is 4.98 Å². The van der Waals surface area contributed by atoms with E-state index < -0.39 is 11.7 Å². The van der Waals surface area contributed by atoms with Gasteiger partial charge in [0.25, 0.3) is 5.91 Å². The van der Waals surface area contributed by atoms with Crippen molar-refractivity contribution < 1.29 is 22.5 Å². The van der Waals surface area contributed by atoms with Crippen LogP contribution in [0.5, 0.6) is 0 Å². The van der Waals surface area contributed by atoms with Crippen molar-refractivity contribution >= 4 is 22.6 Å². The second kappa shape index (κ2) is 9.98. The van der Waals surface area contributed by atoms with Crippen molar-refractivity contribution in [2.24, 2.45) is 0 Å². The molecule has 2 aromatic heterocycles. The minimum absolute atomic E-state index is 0.318. The zero-order chi connectivity index (χ0) is 26.2. The van der Waals surface area contributed by atoms with Crippen molar-refractivity contribution in [2.45, 2.75) is 26.6 Å². The molecule has 2 aromatic carbocycles. The van der Waals surface area contributed by atoms with E-state index in [9.17, 15) is 18.0 Å². The lowest BCUT2D eigenvalue weighted by Gasteiger charge is -2.34. The quantitative estimate of drug-likeness (QED) is 0.381. The molecular weight excluding hydrogens is 485 g/mol. The van der Waals surface area contributed by atoms with E-state index in [0.717, 1.165) is 38.8 Å². The summed E-state index contributed by atoms with van der Waals surface area (Å²) >= 11 is 0. The summed E-state index contributed by atoms with van der Waals surface area (Å²) in [4.78, 5) is 24.6. The topological polar surface area (TPSA) is 90.3 Å². The molecule has 0 saturated carbocycles. The number of benzene rings is 2. The molecule has 1 aliphatic rings. The number of aromatic amines is 1. The van der Waals surface area contributed by atoms with Gasteiger partial charge in [0.2, 0.25) is 0 Å². The number of alkyl halides is 3. The maximum absolute atomic E-state index is 13.8. The van der Waals surface area contributed by atoms with Crippen LogP contribution in [0.25, 0.3) is 22.4 Å². The predicted octanol–water partition coefficient (Wildman–Crippen LogP) is 4.93. The van der Waals surface area contributed by atoms with E-state index in [1.165, 1.54) is 12.3 Å². The number of fused-ring (bicyclic) bond motifs is 1. The Morgan fingerprint density at radius 3 is 2.54 bits per heavy atom. The predicted molar refractivity (Wildman–Crippen MR) is 133 cm³/mol. The second-order valence-corrected chi connectivity index (χ2v) is 9.19. The molecule has 0 bridgehead atoms. The lowest BCUT2D eigenvalue weighted by atomic mass is 10.0. The second-order valence-electron chi connectivity index (χ2n) is 9.19. The highest BCUT2D eigenvalue weighted by molar-refractivity contribution is 6.05. The fourth-order valence-corrected chi connectivity index (χ4v) is 4.54.